The van der Waals surface area contributed by atoms with Crippen LogP contribution in [0.15, 0.2) is 60.7 Å². The normalized spacial score (nSPS) is 13.9. The van der Waals surface area contributed by atoms with Crippen molar-refractivity contribution in [2.24, 2.45) is 0 Å². The van der Waals surface area contributed by atoms with Gasteiger partial charge in [-0.1, -0.05) is 35.9 Å². The minimum atomic E-state index is -0.125. The smallest absolute Gasteiger partial charge is 0.251 e. The third kappa shape index (κ3) is 4.91. The lowest BCUT2D eigenvalue weighted by atomic mass is 10.1. The number of halogens is 1. The van der Waals surface area contributed by atoms with E-state index in [9.17, 15) is 4.79 Å². The van der Waals surface area contributed by atoms with Crippen LogP contribution in [0.25, 0.3) is 11.3 Å². The van der Waals surface area contributed by atoms with Crippen molar-refractivity contribution < 1.29 is 9.53 Å². The van der Waals surface area contributed by atoms with Gasteiger partial charge in [0.15, 0.2) is 5.82 Å². The van der Waals surface area contributed by atoms with Crippen LogP contribution in [0.5, 0.6) is 0 Å². The maximum atomic E-state index is 12.4. The zero-order valence-corrected chi connectivity index (χ0v) is 16.6. The fraction of sp³-hybridized carbons (Fsp3) is 0.227. The summed E-state index contributed by atoms with van der Waals surface area (Å²) in [6, 6.07) is 18.7. The van der Waals surface area contributed by atoms with Crippen LogP contribution in [0.2, 0.25) is 5.02 Å². The van der Waals surface area contributed by atoms with E-state index in [1.54, 1.807) is 12.1 Å². The van der Waals surface area contributed by atoms with E-state index in [1.807, 2.05) is 48.5 Å². The second-order valence-electron chi connectivity index (χ2n) is 6.76. The SMILES string of the molecule is O=C(NCc1ccc(Cl)cc1)c1ccc(-c2ccc(N3CCOCC3)nn2)cc1. The highest BCUT2D eigenvalue weighted by Gasteiger charge is 2.13. The Morgan fingerprint density at radius 2 is 1.69 bits per heavy atom. The van der Waals surface area contributed by atoms with Crippen LogP contribution >= 0.6 is 11.6 Å². The molecule has 6 nitrogen and oxygen atoms in total. The summed E-state index contributed by atoms with van der Waals surface area (Å²) in [5.74, 6) is 0.732. The summed E-state index contributed by atoms with van der Waals surface area (Å²) in [5.41, 5.74) is 3.28. The Morgan fingerprint density at radius 3 is 2.34 bits per heavy atom. The fourth-order valence-corrected chi connectivity index (χ4v) is 3.25. The average Bonchev–Trinajstić information content (AvgIpc) is 2.79. The molecule has 29 heavy (non-hydrogen) atoms. The largest absolute Gasteiger partial charge is 0.378 e. The molecule has 2 heterocycles. The van der Waals surface area contributed by atoms with E-state index in [0.717, 1.165) is 35.7 Å². The number of amides is 1. The Hall–Kier alpha value is -2.96. The topological polar surface area (TPSA) is 67.4 Å². The molecular weight excluding hydrogens is 388 g/mol. The minimum Gasteiger partial charge on any atom is -0.378 e. The van der Waals surface area contributed by atoms with Gasteiger partial charge in [0.1, 0.15) is 0 Å². The Balaban J connectivity index is 1.38. The highest BCUT2D eigenvalue weighted by Crippen LogP contribution is 2.20. The number of ether oxygens (including phenoxy) is 1. The number of morpholine rings is 1. The first-order chi connectivity index (χ1) is 14.2. The number of benzene rings is 2. The molecule has 2 aromatic carbocycles. The van der Waals surface area contributed by atoms with Gasteiger partial charge in [-0.15, -0.1) is 10.2 Å². The first-order valence-electron chi connectivity index (χ1n) is 9.48. The summed E-state index contributed by atoms with van der Waals surface area (Å²) >= 11 is 5.88. The molecule has 1 N–H and O–H groups in total. The molecule has 7 heteroatoms. The quantitative estimate of drug-likeness (QED) is 0.699. The molecule has 1 amide bonds. The van der Waals surface area contributed by atoms with Crippen LogP contribution in [-0.2, 0) is 11.3 Å². The van der Waals surface area contributed by atoms with Crippen molar-refractivity contribution in [3.8, 4) is 11.3 Å². The van der Waals surface area contributed by atoms with Crippen LogP contribution in [0.3, 0.4) is 0 Å². The third-order valence-corrected chi connectivity index (χ3v) is 5.05. The molecule has 0 bridgehead atoms. The fourth-order valence-electron chi connectivity index (χ4n) is 3.12. The number of hydrogen-bond acceptors (Lipinski definition) is 5. The summed E-state index contributed by atoms with van der Waals surface area (Å²) in [5, 5.41) is 12.3. The van der Waals surface area contributed by atoms with E-state index >= 15 is 0 Å². The number of carbonyl (C=O) groups excluding carboxylic acids is 1. The van der Waals surface area contributed by atoms with Gasteiger partial charge in [0.25, 0.3) is 5.91 Å². The van der Waals surface area contributed by atoms with E-state index in [-0.39, 0.29) is 5.91 Å². The molecule has 0 atom stereocenters. The van der Waals surface area contributed by atoms with E-state index in [2.05, 4.69) is 20.4 Å². The number of nitrogens with zero attached hydrogens (tertiary/aromatic N) is 3. The molecule has 0 aliphatic carbocycles. The number of carbonyl (C=O) groups is 1. The molecule has 1 aliphatic rings. The number of hydrogen-bond donors (Lipinski definition) is 1. The molecule has 148 valence electrons. The summed E-state index contributed by atoms with van der Waals surface area (Å²) in [7, 11) is 0. The summed E-state index contributed by atoms with van der Waals surface area (Å²) in [6.07, 6.45) is 0. The van der Waals surface area contributed by atoms with Crippen molar-refractivity contribution in [3.05, 3.63) is 76.8 Å². The molecule has 1 fully saturated rings. The molecular formula is C22H21ClN4O2. The van der Waals surface area contributed by atoms with E-state index in [1.165, 1.54) is 0 Å². The zero-order chi connectivity index (χ0) is 20.1. The molecule has 4 rings (SSSR count). The van der Waals surface area contributed by atoms with Gasteiger partial charge in [-0.25, -0.2) is 0 Å². The van der Waals surface area contributed by atoms with Crippen molar-refractivity contribution in [3.63, 3.8) is 0 Å². The lowest BCUT2D eigenvalue weighted by Gasteiger charge is -2.27. The number of nitrogens with one attached hydrogen (secondary N) is 1. The Labute approximate surface area is 174 Å². The predicted octanol–water partition coefficient (Wildman–Crippen LogP) is 3.56. The van der Waals surface area contributed by atoms with Crippen LogP contribution in [0.4, 0.5) is 5.82 Å². The Morgan fingerprint density at radius 1 is 0.966 bits per heavy atom. The molecule has 1 aliphatic heterocycles. The molecule has 1 saturated heterocycles. The number of aromatic nitrogens is 2. The van der Waals surface area contributed by atoms with Gasteiger partial charge < -0.3 is 15.0 Å². The van der Waals surface area contributed by atoms with E-state index < -0.39 is 0 Å². The maximum Gasteiger partial charge on any atom is 0.251 e. The van der Waals surface area contributed by atoms with E-state index in [0.29, 0.717) is 30.3 Å². The standard InChI is InChI=1S/C22H21ClN4O2/c23-19-7-1-16(2-8-19)15-24-22(28)18-5-3-17(4-6-18)20-9-10-21(26-25-20)27-11-13-29-14-12-27/h1-10H,11-15H2,(H,24,28). The van der Waals surface area contributed by atoms with Crippen molar-refractivity contribution in [2.75, 3.05) is 31.2 Å². The van der Waals surface area contributed by atoms with Gasteiger partial charge in [0.05, 0.1) is 18.9 Å². The molecule has 1 aromatic heterocycles. The molecule has 0 saturated carbocycles. The van der Waals surface area contributed by atoms with E-state index in [4.69, 9.17) is 16.3 Å². The molecule has 0 spiro atoms. The van der Waals surface area contributed by atoms with Crippen LogP contribution in [0.1, 0.15) is 15.9 Å². The van der Waals surface area contributed by atoms with Gasteiger partial charge in [0.2, 0.25) is 0 Å². The number of anilines is 1. The summed E-state index contributed by atoms with van der Waals surface area (Å²) in [6.45, 7) is 3.53. The molecule has 0 unspecified atom stereocenters. The van der Waals surface area contributed by atoms with Gasteiger partial charge in [0, 0.05) is 35.8 Å². The first-order valence-corrected chi connectivity index (χ1v) is 9.86. The summed E-state index contributed by atoms with van der Waals surface area (Å²) < 4.78 is 5.36. The molecule has 0 radical (unpaired) electrons. The maximum absolute atomic E-state index is 12.4. The third-order valence-electron chi connectivity index (χ3n) is 4.79. The van der Waals surface area contributed by atoms with Gasteiger partial charge in [-0.3, -0.25) is 4.79 Å². The van der Waals surface area contributed by atoms with Gasteiger partial charge in [-0.05, 0) is 42.0 Å². The second-order valence-corrected chi connectivity index (χ2v) is 7.20. The molecule has 3 aromatic rings. The van der Waals surface area contributed by atoms with Crippen LogP contribution in [-0.4, -0.2) is 42.4 Å². The lowest BCUT2D eigenvalue weighted by molar-refractivity contribution is 0.0951. The van der Waals surface area contributed by atoms with Gasteiger partial charge in [-0.2, -0.15) is 0 Å². The first kappa shape index (κ1) is 19.4. The van der Waals surface area contributed by atoms with Gasteiger partial charge >= 0.3 is 0 Å². The van der Waals surface area contributed by atoms with Crippen molar-refractivity contribution in [1.29, 1.82) is 0 Å². The van der Waals surface area contributed by atoms with Crippen molar-refractivity contribution in [1.82, 2.24) is 15.5 Å². The lowest BCUT2D eigenvalue weighted by Crippen LogP contribution is -2.36. The van der Waals surface area contributed by atoms with Crippen LogP contribution in [0, 0.1) is 0 Å². The second kappa shape index (κ2) is 9.03. The number of rotatable bonds is 5. The predicted molar refractivity (Wildman–Crippen MR) is 113 cm³/mol. The summed E-state index contributed by atoms with van der Waals surface area (Å²) in [4.78, 5) is 14.5. The highest BCUT2D eigenvalue weighted by atomic mass is 35.5. The Bertz CT molecular complexity index is 954. The monoisotopic (exact) mass is 408 g/mol. The van der Waals surface area contributed by atoms with Crippen LogP contribution < -0.4 is 10.2 Å². The highest BCUT2D eigenvalue weighted by molar-refractivity contribution is 6.30. The Kier molecular flexibility index (Phi) is 6.03. The average molecular weight is 409 g/mol. The van der Waals surface area contributed by atoms with Crippen molar-refractivity contribution >= 4 is 23.3 Å². The minimum absolute atomic E-state index is 0.125. The van der Waals surface area contributed by atoms with Crippen molar-refractivity contribution in [2.45, 2.75) is 6.54 Å². The zero-order valence-electron chi connectivity index (χ0n) is 15.8.